The van der Waals surface area contributed by atoms with Gasteiger partial charge in [0.15, 0.2) is 0 Å². The van der Waals surface area contributed by atoms with Gasteiger partial charge in [-0.05, 0) is 48.6 Å². The van der Waals surface area contributed by atoms with Crippen molar-refractivity contribution in [3.63, 3.8) is 0 Å². The zero-order chi connectivity index (χ0) is 20.2. The number of benzene rings is 1. The highest BCUT2D eigenvalue weighted by atomic mass is 19.4. The van der Waals surface area contributed by atoms with Gasteiger partial charge in [-0.15, -0.1) is 0 Å². The lowest BCUT2D eigenvalue weighted by Crippen LogP contribution is -2.50. The number of halogens is 7. The van der Waals surface area contributed by atoms with Crippen LogP contribution in [0.25, 0.3) is 0 Å². The maximum absolute atomic E-state index is 14.3. The lowest BCUT2D eigenvalue weighted by molar-refractivity contribution is -0.348. The smallest absolute Gasteiger partial charge is 0.359 e. The fourth-order valence-corrected chi connectivity index (χ4v) is 4.58. The minimum Gasteiger partial charge on any atom is -0.359 e. The van der Waals surface area contributed by atoms with Crippen molar-refractivity contribution in [2.45, 2.75) is 49.6 Å². The van der Waals surface area contributed by atoms with Gasteiger partial charge in [-0.1, -0.05) is 18.2 Å². The highest BCUT2D eigenvalue weighted by Crippen LogP contribution is 2.55. The van der Waals surface area contributed by atoms with Crippen LogP contribution in [-0.2, 0) is 16.9 Å². The molecule has 0 radical (unpaired) electrons. The van der Waals surface area contributed by atoms with Crippen molar-refractivity contribution in [1.29, 1.82) is 0 Å². The van der Waals surface area contributed by atoms with E-state index in [0.29, 0.717) is 42.5 Å². The van der Waals surface area contributed by atoms with Crippen LogP contribution in [0, 0.1) is 11.8 Å². The standard InChI is InChI=1S/C18H18F7NO/c1-26-15(27)14-7-6-12-11-5-3-10(8-9(11)2-4-13(12)14)16(19,17(20,21)22)18(23,24)25/h3,5,8,12-14H,2,4,6-7H2,1H3,(H,26,27)/t12-,13?,14+/m0/s1. The fourth-order valence-electron chi connectivity index (χ4n) is 4.58. The number of carbonyl (C=O) groups is 1. The molecule has 1 N–H and O–H groups in total. The largest absolute Gasteiger partial charge is 0.435 e. The van der Waals surface area contributed by atoms with Gasteiger partial charge in [-0.25, -0.2) is 4.39 Å². The number of rotatable bonds is 2. The van der Waals surface area contributed by atoms with Crippen molar-refractivity contribution in [3.8, 4) is 0 Å². The predicted molar refractivity (Wildman–Crippen MR) is 82.7 cm³/mol. The van der Waals surface area contributed by atoms with Gasteiger partial charge in [-0.3, -0.25) is 4.79 Å². The molecule has 0 spiro atoms. The molecule has 2 aliphatic rings. The number of nitrogens with one attached hydrogen (secondary N) is 1. The molecule has 27 heavy (non-hydrogen) atoms. The number of hydrogen-bond acceptors (Lipinski definition) is 1. The Hall–Kier alpha value is -1.80. The minimum atomic E-state index is -6.12. The van der Waals surface area contributed by atoms with Crippen LogP contribution in [0.15, 0.2) is 18.2 Å². The molecular formula is C18H18F7NO. The van der Waals surface area contributed by atoms with E-state index in [9.17, 15) is 35.5 Å². The van der Waals surface area contributed by atoms with E-state index in [1.807, 2.05) is 0 Å². The topological polar surface area (TPSA) is 29.1 Å². The van der Waals surface area contributed by atoms with E-state index in [1.54, 1.807) is 0 Å². The Kier molecular flexibility index (Phi) is 4.71. The van der Waals surface area contributed by atoms with Crippen molar-refractivity contribution in [3.05, 3.63) is 34.9 Å². The molecule has 3 rings (SSSR count). The van der Waals surface area contributed by atoms with Crippen LogP contribution in [0.1, 0.15) is 41.9 Å². The molecule has 2 aliphatic carbocycles. The quantitative estimate of drug-likeness (QED) is 0.716. The second-order valence-electron chi connectivity index (χ2n) is 7.17. The zero-order valence-corrected chi connectivity index (χ0v) is 14.3. The van der Waals surface area contributed by atoms with E-state index in [-0.39, 0.29) is 30.1 Å². The molecule has 1 saturated carbocycles. The van der Waals surface area contributed by atoms with Crippen LogP contribution in [0.5, 0.6) is 0 Å². The van der Waals surface area contributed by atoms with E-state index in [0.717, 1.165) is 0 Å². The number of alkyl halides is 7. The van der Waals surface area contributed by atoms with Gasteiger partial charge in [0.25, 0.3) is 0 Å². The van der Waals surface area contributed by atoms with Crippen LogP contribution in [0.2, 0.25) is 0 Å². The molecule has 1 fully saturated rings. The van der Waals surface area contributed by atoms with Crippen LogP contribution >= 0.6 is 0 Å². The van der Waals surface area contributed by atoms with E-state index in [4.69, 9.17) is 0 Å². The van der Waals surface area contributed by atoms with E-state index >= 15 is 0 Å². The summed E-state index contributed by atoms with van der Waals surface area (Å²) in [6.45, 7) is 0. The summed E-state index contributed by atoms with van der Waals surface area (Å²) in [4.78, 5) is 12.0. The Bertz CT molecular complexity index is 726. The number of fused-ring (bicyclic) bond motifs is 3. The molecule has 150 valence electrons. The molecule has 1 aromatic rings. The average molecular weight is 397 g/mol. The summed E-state index contributed by atoms with van der Waals surface area (Å²) in [6.07, 6.45) is -10.3. The number of hydrogen-bond donors (Lipinski definition) is 1. The monoisotopic (exact) mass is 397 g/mol. The molecule has 0 heterocycles. The molecule has 9 heteroatoms. The lowest BCUT2D eigenvalue weighted by Gasteiger charge is -2.34. The second kappa shape index (κ2) is 6.38. The van der Waals surface area contributed by atoms with E-state index < -0.39 is 23.6 Å². The van der Waals surface area contributed by atoms with Crippen LogP contribution < -0.4 is 5.32 Å². The van der Waals surface area contributed by atoms with Gasteiger partial charge < -0.3 is 5.32 Å². The Morgan fingerprint density at radius 1 is 1.00 bits per heavy atom. The first-order valence-corrected chi connectivity index (χ1v) is 8.59. The molecule has 2 nitrogen and oxygen atoms in total. The minimum absolute atomic E-state index is 0.0105. The first kappa shape index (κ1) is 19.9. The van der Waals surface area contributed by atoms with Crippen molar-refractivity contribution in [2.75, 3.05) is 7.05 Å². The lowest BCUT2D eigenvalue weighted by atomic mass is 9.73. The summed E-state index contributed by atoms with van der Waals surface area (Å²) in [5, 5.41) is 2.59. The fraction of sp³-hybridized carbons (Fsp3) is 0.611. The van der Waals surface area contributed by atoms with Gasteiger partial charge in [0, 0.05) is 18.5 Å². The Labute approximate surface area is 151 Å². The summed E-state index contributed by atoms with van der Waals surface area (Å²) in [6, 6.07) is 2.44. The SMILES string of the molecule is CNC(=O)[C@@H]1CC[C@H]2c3ccc(C(F)(C(F)(F)F)C(F)(F)F)cc3CCC12. The third-order valence-corrected chi connectivity index (χ3v) is 5.87. The van der Waals surface area contributed by atoms with Gasteiger partial charge in [0.2, 0.25) is 5.91 Å². The highest BCUT2D eigenvalue weighted by Gasteiger charge is 2.73. The summed E-state index contributed by atoms with van der Waals surface area (Å²) < 4.78 is 92.1. The number of aryl methyl sites for hydroxylation is 1. The van der Waals surface area contributed by atoms with Gasteiger partial charge in [0.05, 0.1) is 0 Å². The Morgan fingerprint density at radius 3 is 2.19 bits per heavy atom. The first-order valence-electron chi connectivity index (χ1n) is 8.59. The molecule has 3 atom stereocenters. The molecule has 0 aliphatic heterocycles. The van der Waals surface area contributed by atoms with E-state index in [1.165, 1.54) is 13.1 Å². The summed E-state index contributed by atoms with van der Waals surface area (Å²) in [5.41, 5.74) is -5.94. The molecule has 1 amide bonds. The van der Waals surface area contributed by atoms with Crippen molar-refractivity contribution in [1.82, 2.24) is 5.32 Å². The summed E-state index contributed by atoms with van der Waals surface area (Å²) >= 11 is 0. The third kappa shape index (κ3) is 2.99. The molecule has 1 aromatic carbocycles. The van der Waals surface area contributed by atoms with Crippen LogP contribution in [0.3, 0.4) is 0 Å². The maximum Gasteiger partial charge on any atom is 0.435 e. The molecule has 0 saturated heterocycles. The Morgan fingerprint density at radius 2 is 1.63 bits per heavy atom. The van der Waals surface area contributed by atoms with Crippen molar-refractivity contribution in [2.24, 2.45) is 11.8 Å². The summed E-state index contributed by atoms with van der Waals surface area (Å²) in [5.74, 6) is -0.461. The zero-order valence-electron chi connectivity index (χ0n) is 14.3. The molecule has 0 bridgehead atoms. The van der Waals surface area contributed by atoms with E-state index in [2.05, 4.69) is 5.32 Å². The molecule has 0 aromatic heterocycles. The van der Waals surface area contributed by atoms with Gasteiger partial charge >= 0.3 is 18.0 Å². The van der Waals surface area contributed by atoms with Gasteiger partial charge in [0.1, 0.15) is 0 Å². The first-order chi connectivity index (χ1) is 12.4. The highest BCUT2D eigenvalue weighted by molar-refractivity contribution is 5.79. The Balaban J connectivity index is 1.99. The second-order valence-corrected chi connectivity index (χ2v) is 7.17. The maximum atomic E-state index is 14.3. The molecule has 1 unspecified atom stereocenters. The van der Waals surface area contributed by atoms with Crippen molar-refractivity contribution >= 4 is 5.91 Å². The van der Waals surface area contributed by atoms with Crippen LogP contribution in [0.4, 0.5) is 30.7 Å². The number of amides is 1. The third-order valence-electron chi connectivity index (χ3n) is 5.87. The summed E-state index contributed by atoms with van der Waals surface area (Å²) in [7, 11) is 1.52. The number of carbonyl (C=O) groups excluding carboxylic acids is 1. The van der Waals surface area contributed by atoms with Crippen LogP contribution in [-0.4, -0.2) is 25.3 Å². The predicted octanol–water partition coefficient (Wildman–Crippen LogP) is 4.78. The van der Waals surface area contributed by atoms with Crippen molar-refractivity contribution < 1.29 is 35.5 Å². The molecular weight excluding hydrogens is 379 g/mol. The normalized spacial score (nSPS) is 25.7. The average Bonchev–Trinajstić information content (AvgIpc) is 3.02. The van der Waals surface area contributed by atoms with Gasteiger partial charge in [-0.2, -0.15) is 26.3 Å².